The van der Waals surface area contributed by atoms with Crippen molar-refractivity contribution in [2.75, 3.05) is 26.2 Å². The summed E-state index contributed by atoms with van der Waals surface area (Å²) in [7, 11) is 0. The highest BCUT2D eigenvalue weighted by Crippen LogP contribution is 2.31. The van der Waals surface area contributed by atoms with Gasteiger partial charge in [-0.25, -0.2) is 0 Å². The number of rotatable bonds is 5. The summed E-state index contributed by atoms with van der Waals surface area (Å²) in [4.78, 5) is 68.1. The summed E-state index contributed by atoms with van der Waals surface area (Å²) in [6.45, 7) is 3.65. The van der Waals surface area contributed by atoms with Gasteiger partial charge in [0.2, 0.25) is 17.7 Å². The molecule has 0 bridgehead atoms. The van der Waals surface area contributed by atoms with Gasteiger partial charge >= 0.3 is 0 Å². The lowest BCUT2D eigenvalue weighted by molar-refractivity contribution is -0.136. The van der Waals surface area contributed by atoms with Crippen LogP contribution in [-0.2, 0) is 20.9 Å². The Morgan fingerprint density at radius 1 is 0.944 bits per heavy atom. The molecule has 5 amide bonds. The summed E-state index contributed by atoms with van der Waals surface area (Å²) in [5, 5.41) is 2.23. The Morgan fingerprint density at radius 2 is 1.67 bits per heavy atom. The van der Waals surface area contributed by atoms with E-state index in [2.05, 4.69) is 10.2 Å². The molecule has 4 heterocycles. The molecule has 0 aromatic heterocycles. The van der Waals surface area contributed by atoms with E-state index in [1.807, 2.05) is 11.0 Å². The molecular weight excluding hydrogens is 462 g/mol. The number of fused-ring (bicyclic) bond motifs is 1. The number of nitrogens with zero attached hydrogens (tertiary/aromatic N) is 3. The molecule has 1 aromatic carbocycles. The van der Waals surface area contributed by atoms with E-state index in [1.165, 1.54) is 0 Å². The Bertz CT molecular complexity index is 1090. The molecule has 1 aromatic rings. The number of benzene rings is 1. The van der Waals surface area contributed by atoms with Gasteiger partial charge in [-0.05, 0) is 62.7 Å². The number of imide groups is 2. The molecule has 4 aliphatic heterocycles. The van der Waals surface area contributed by atoms with Crippen molar-refractivity contribution in [2.24, 2.45) is 11.7 Å². The highest BCUT2D eigenvalue weighted by molar-refractivity contribution is 6.24. The van der Waals surface area contributed by atoms with Crippen molar-refractivity contribution in [1.29, 1.82) is 0 Å². The second kappa shape index (κ2) is 10.1. The number of hydrogen-bond acceptors (Lipinski definition) is 7. The van der Waals surface area contributed by atoms with Gasteiger partial charge in [-0.2, -0.15) is 0 Å². The summed E-state index contributed by atoms with van der Waals surface area (Å²) in [6, 6.07) is 4.48. The van der Waals surface area contributed by atoms with Crippen LogP contribution in [0.5, 0.6) is 0 Å². The maximum absolute atomic E-state index is 13.3. The fourth-order valence-electron chi connectivity index (χ4n) is 5.83. The van der Waals surface area contributed by atoms with E-state index < -0.39 is 29.7 Å². The van der Waals surface area contributed by atoms with E-state index in [0.29, 0.717) is 30.0 Å². The lowest BCUT2D eigenvalue weighted by Crippen LogP contribution is -2.54. The second-order valence-electron chi connectivity index (χ2n) is 10.4. The Balaban J connectivity index is 1.20. The first kappa shape index (κ1) is 24.6. The van der Waals surface area contributed by atoms with Gasteiger partial charge in [-0.15, -0.1) is 0 Å². The maximum Gasteiger partial charge on any atom is 0.262 e. The minimum absolute atomic E-state index is 0.0966. The molecule has 5 rings (SSSR count). The van der Waals surface area contributed by atoms with E-state index in [9.17, 15) is 24.0 Å². The fourth-order valence-corrected chi connectivity index (χ4v) is 5.83. The van der Waals surface area contributed by atoms with Gasteiger partial charge in [0.25, 0.3) is 11.8 Å². The van der Waals surface area contributed by atoms with Crippen LogP contribution in [0.15, 0.2) is 18.2 Å². The van der Waals surface area contributed by atoms with Crippen molar-refractivity contribution in [2.45, 2.75) is 63.6 Å². The summed E-state index contributed by atoms with van der Waals surface area (Å²) in [6.07, 6.45) is 4.35. The van der Waals surface area contributed by atoms with Crippen LogP contribution in [0.25, 0.3) is 0 Å². The first-order valence-electron chi connectivity index (χ1n) is 12.9. The lowest BCUT2D eigenvalue weighted by Gasteiger charge is -2.34. The van der Waals surface area contributed by atoms with Gasteiger partial charge in [0.1, 0.15) is 6.04 Å². The number of carbonyl (C=O) groups excluding carboxylic acids is 5. The summed E-state index contributed by atoms with van der Waals surface area (Å²) in [5.41, 5.74) is 7.38. The van der Waals surface area contributed by atoms with Crippen molar-refractivity contribution in [3.63, 3.8) is 0 Å². The van der Waals surface area contributed by atoms with Crippen LogP contribution >= 0.6 is 0 Å². The molecule has 0 radical (unpaired) electrons. The molecule has 0 aliphatic carbocycles. The predicted molar refractivity (Wildman–Crippen MR) is 130 cm³/mol. The molecule has 1 unspecified atom stereocenters. The van der Waals surface area contributed by atoms with Crippen molar-refractivity contribution in [3.8, 4) is 0 Å². The Kier molecular flexibility index (Phi) is 6.90. The first-order valence-corrected chi connectivity index (χ1v) is 12.9. The molecule has 0 saturated carbocycles. The number of nitrogens with two attached hydrogens (primary N) is 1. The molecule has 192 valence electrons. The highest BCUT2D eigenvalue weighted by Gasteiger charge is 2.45. The van der Waals surface area contributed by atoms with Crippen molar-refractivity contribution in [3.05, 3.63) is 34.9 Å². The van der Waals surface area contributed by atoms with E-state index in [4.69, 9.17) is 5.73 Å². The van der Waals surface area contributed by atoms with Gasteiger partial charge < -0.3 is 10.6 Å². The molecule has 4 aliphatic rings. The molecule has 10 heteroatoms. The summed E-state index contributed by atoms with van der Waals surface area (Å²) in [5.74, 6) is -1.38. The van der Waals surface area contributed by atoms with E-state index in [1.54, 1.807) is 12.1 Å². The van der Waals surface area contributed by atoms with Gasteiger partial charge in [-0.1, -0.05) is 12.1 Å². The SMILES string of the molecule is NC1CCN(C(=O)CC2CCN(Cc3cccc4c3C(=O)N(C3CCC(=O)NC3=O)C4=O)CC2)CC1. The van der Waals surface area contributed by atoms with Crippen molar-refractivity contribution < 1.29 is 24.0 Å². The zero-order valence-corrected chi connectivity index (χ0v) is 20.4. The third-order valence-corrected chi connectivity index (χ3v) is 8.01. The Labute approximate surface area is 210 Å². The smallest absolute Gasteiger partial charge is 0.262 e. The van der Waals surface area contributed by atoms with Crippen LogP contribution in [-0.4, -0.2) is 82.5 Å². The number of hydrogen-bond donors (Lipinski definition) is 2. The van der Waals surface area contributed by atoms with E-state index in [-0.39, 0.29) is 24.8 Å². The van der Waals surface area contributed by atoms with E-state index in [0.717, 1.165) is 62.3 Å². The number of nitrogens with one attached hydrogen (secondary N) is 1. The largest absolute Gasteiger partial charge is 0.343 e. The van der Waals surface area contributed by atoms with E-state index >= 15 is 0 Å². The average Bonchev–Trinajstić information content (AvgIpc) is 3.11. The molecule has 3 N–H and O–H groups in total. The molecule has 0 spiro atoms. The average molecular weight is 496 g/mol. The highest BCUT2D eigenvalue weighted by atomic mass is 16.2. The summed E-state index contributed by atoms with van der Waals surface area (Å²) < 4.78 is 0. The molecular formula is C26H33N5O5. The number of likely N-dealkylation sites (tertiary alicyclic amines) is 2. The molecule has 1 atom stereocenters. The monoisotopic (exact) mass is 495 g/mol. The maximum atomic E-state index is 13.3. The Morgan fingerprint density at radius 3 is 2.36 bits per heavy atom. The third-order valence-electron chi connectivity index (χ3n) is 8.01. The quantitative estimate of drug-likeness (QED) is 0.573. The first-order chi connectivity index (χ1) is 17.3. The standard InChI is InChI=1S/C26H33N5O5/c27-18-8-12-30(13-9-18)22(33)14-16-6-10-29(11-7-16)15-17-2-1-3-19-23(17)26(36)31(25(19)35)20-4-5-21(32)28-24(20)34/h1-3,16,18,20H,4-15,27H2,(H,28,32,34). The second-order valence-corrected chi connectivity index (χ2v) is 10.4. The predicted octanol–water partition coefficient (Wildman–Crippen LogP) is 0.640. The lowest BCUT2D eigenvalue weighted by atomic mass is 9.92. The number of carbonyl (C=O) groups is 5. The minimum atomic E-state index is -0.966. The Hall–Kier alpha value is -3.11. The van der Waals surface area contributed by atoms with Crippen LogP contribution < -0.4 is 11.1 Å². The van der Waals surface area contributed by atoms with Crippen LogP contribution in [0, 0.1) is 5.92 Å². The number of amides is 5. The zero-order valence-electron chi connectivity index (χ0n) is 20.4. The number of piperidine rings is 3. The minimum Gasteiger partial charge on any atom is -0.343 e. The molecule has 3 saturated heterocycles. The molecule has 10 nitrogen and oxygen atoms in total. The van der Waals surface area contributed by atoms with Crippen molar-refractivity contribution in [1.82, 2.24) is 20.0 Å². The third kappa shape index (κ3) is 4.79. The van der Waals surface area contributed by atoms with Crippen LogP contribution in [0.4, 0.5) is 0 Å². The van der Waals surface area contributed by atoms with Crippen LogP contribution in [0.1, 0.15) is 71.2 Å². The van der Waals surface area contributed by atoms with Gasteiger partial charge in [0, 0.05) is 38.5 Å². The van der Waals surface area contributed by atoms with Crippen LogP contribution in [0.2, 0.25) is 0 Å². The molecule has 3 fully saturated rings. The normalized spacial score (nSPS) is 24.3. The van der Waals surface area contributed by atoms with Gasteiger partial charge in [0.05, 0.1) is 11.1 Å². The zero-order chi connectivity index (χ0) is 25.4. The molecule has 36 heavy (non-hydrogen) atoms. The van der Waals surface area contributed by atoms with Gasteiger partial charge in [-0.3, -0.25) is 39.1 Å². The van der Waals surface area contributed by atoms with Gasteiger partial charge in [0.15, 0.2) is 0 Å². The van der Waals surface area contributed by atoms with Crippen molar-refractivity contribution >= 4 is 29.5 Å². The topological polar surface area (TPSA) is 133 Å². The fraction of sp³-hybridized carbons (Fsp3) is 0.577. The summed E-state index contributed by atoms with van der Waals surface area (Å²) >= 11 is 0. The van der Waals surface area contributed by atoms with Crippen LogP contribution in [0.3, 0.4) is 0 Å².